The molecule has 1 aliphatic heterocycles. The van der Waals surface area contributed by atoms with Crippen molar-refractivity contribution in [3.63, 3.8) is 0 Å². The topological polar surface area (TPSA) is 94.3 Å². The van der Waals surface area contributed by atoms with Crippen molar-refractivity contribution in [2.24, 2.45) is 11.1 Å². The molecule has 1 fully saturated rings. The summed E-state index contributed by atoms with van der Waals surface area (Å²) in [7, 11) is -6.74. The van der Waals surface area contributed by atoms with Crippen molar-refractivity contribution >= 4 is 19.9 Å². The van der Waals surface area contributed by atoms with Crippen LogP contribution in [0.1, 0.15) is 18.4 Å². The van der Waals surface area contributed by atoms with Crippen LogP contribution < -0.4 is 5.14 Å². The molecule has 1 aliphatic rings. The fraction of sp³-hybridized carbons (Fsp3) is 0.500. The molecule has 0 radical (unpaired) electrons. The number of sulfone groups is 1. The summed E-state index contributed by atoms with van der Waals surface area (Å²) in [6.45, 7) is 0. The van der Waals surface area contributed by atoms with Gasteiger partial charge in [0.1, 0.15) is 0 Å². The fourth-order valence-corrected chi connectivity index (χ4v) is 5.10. The highest BCUT2D eigenvalue weighted by molar-refractivity contribution is 7.91. The van der Waals surface area contributed by atoms with Crippen molar-refractivity contribution in [1.82, 2.24) is 0 Å². The van der Waals surface area contributed by atoms with Gasteiger partial charge in [0.2, 0.25) is 10.0 Å². The van der Waals surface area contributed by atoms with Crippen molar-refractivity contribution in [2.75, 3.05) is 11.5 Å². The van der Waals surface area contributed by atoms with Gasteiger partial charge in [-0.15, -0.1) is 0 Å². The van der Waals surface area contributed by atoms with Crippen LogP contribution in [0.15, 0.2) is 29.2 Å². The number of hydrogen-bond acceptors (Lipinski definition) is 4. The van der Waals surface area contributed by atoms with E-state index in [-0.39, 0.29) is 22.3 Å². The number of primary sulfonamides is 1. The highest BCUT2D eigenvalue weighted by Crippen LogP contribution is 2.25. The maximum atomic E-state index is 11.6. The molecule has 1 saturated heterocycles. The molecule has 0 aromatic heterocycles. The molecule has 2 N–H and O–H groups in total. The molecule has 2 rings (SSSR count). The first-order chi connectivity index (χ1) is 8.78. The summed E-state index contributed by atoms with van der Waals surface area (Å²) in [6, 6.07) is 6.51. The van der Waals surface area contributed by atoms with Crippen LogP contribution in [-0.2, 0) is 26.3 Å². The normalized spacial score (nSPS) is 23.1. The minimum absolute atomic E-state index is 0.0263. The average molecular weight is 303 g/mol. The molecule has 0 saturated carbocycles. The Morgan fingerprint density at radius 3 is 2.58 bits per heavy atom. The van der Waals surface area contributed by atoms with Gasteiger partial charge in [-0.1, -0.05) is 18.2 Å². The van der Waals surface area contributed by atoms with Crippen LogP contribution in [0.5, 0.6) is 0 Å². The smallest absolute Gasteiger partial charge is 0.229 e. The van der Waals surface area contributed by atoms with Crippen LogP contribution in [0.25, 0.3) is 0 Å². The molecular formula is C12H17NO4S2. The molecule has 7 heteroatoms. The first kappa shape index (κ1) is 14.5. The molecule has 1 aromatic carbocycles. The summed E-state index contributed by atoms with van der Waals surface area (Å²) < 4.78 is 46.1. The molecule has 0 aliphatic carbocycles. The van der Waals surface area contributed by atoms with E-state index < -0.39 is 19.9 Å². The zero-order chi connectivity index (χ0) is 14.1. The Morgan fingerprint density at radius 2 is 1.95 bits per heavy atom. The fourth-order valence-electron chi connectivity index (χ4n) is 2.54. The largest absolute Gasteiger partial charge is 0.238 e. The van der Waals surface area contributed by atoms with Crippen LogP contribution >= 0.6 is 0 Å². The minimum Gasteiger partial charge on any atom is -0.229 e. The molecular weight excluding hydrogens is 286 g/mol. The Kier molecular flexibility index (Phi) is 3.98. The lowest BCUT2D eigenvalue weighted by Gasteiger charge is -2.22. The van der Waals surface area contributed by atoms with Crippen LogP contribution in [0.2, 0.25) is 0 Å². The number of sulfonamides is 1. The summed E-state index contributed by atoms with van der Waals surface area (Å²) in [5, 5.41) is 5.17. The van der Waals surface area contributed by atoms with E-state index in [1.165, 1.54) is 6.07 Å². The second-order valence-corrected chi connectivity index (χ2v) is 8.74. The van der Waals surface area contributed by atoms with E-state index in [4.69, 9.17) is 5.14 Å². The van der Waals surface area contributed by atoms with E-state index in [9.17, 15) is 16.8 Å². The van der Waals surface area contributed by atoms with E-state index in [1.807, 2.05) is 0 Å². The second-order valence-electron chi connectivity index (χ2n) is 4.98. The van der Waals surface area contributed by atoms with Gasteiger partial charge in [0.15, 0.2) is 9.84 Å². The maximum Gasteiger partial charge on any atom is 0.238 e. The molecule has 1 atom stereocenters. The quantitative estimate of drug-likeness (QED) is 0.889. The van der Waals surface area contributed by atoms with Gasteiger partial charge >= 0.3 is 0 Å². The average Bonchev–Trinajstić information content (AvgIpc) is 2.26. The van der Waals surface area contributed by atoms with Gasteiger partial charge in [0, 0.05) is 0 Å². The second kappa shape index (κ2) is 5.22. The third-order valence-electron chi connectivity index (χ3n) is 3.35. The molecule has 5 nitrogen and oxygen atoms in total. The zero-order valence-corrected chi connectivity index (χ0v) is 12.1. The predicted molar refractivity (Wildman–Crippen MR) is 72.9 cm³/mol. The number of hydrogen-bond donors (Lipinski definition) is 1. The Balaban J connectivity index is 2.25. The molecule has 19 heavy (non-hydrogen) atoms. The van der Waals surface area contributed by atoms with Crippen molar-refractivity contribution in [1.29, 1.82) is 0 Å². The molecule has 0 spiro atoms. The van der Waals surface area contributed by atoms with E-state index in [0.717, 1.165) is 6.42 Å². The van der Waals surface area contributed by atoms with Gasteiger partial charge in [-0.2, -0.15) is 0 Å². The Hall–Kier alpha value is -0.920. The third kappa shape index (κ3) is 3.77. The Labute approximate surface area is 113 Å². The van der Waals surface area contributed by atoms with Gasteiger partial charge in [-0.05, 0) is 36.8 Å². The lowest BCUT2D eigenvalue weighted by atomic mass is 9.96. The Bertz CT molecular complexity index is 665. The van der Waals surface area contributed by atoms with E-state index >= 15 is 0 Å². The molecule has 0 amide bonds. The van der Waals surface area contributed by atoms with E-state index in [0.29, 0.717) is 18.4 Å². The van der Waals surface area contributed by atoms with Crippen molar-refractivity contribution < 1.29 is 16.8 Å². The van der Waals surface area contributed by atoms with Gasteiger partial charge in [0.05, 0.1) is 16.4 Å². The Morgan fingerprint density at radius 1 is 1.26 bits per heavy atom. The molecule has 1 heterocycles. The molecule has 0 bridgehead atoms. The standard InChI is InChI=1S/C12H17NO4S2/c13-19(16,17)12-6-2-1-5-11(12)8-10-4-3-7-18(14,15)9-10/h1-2,5-6,10H,3-4,7-9H2,(H2,13,16,17)/t10-/m0/s1. The summed E-state index contributed by atoms with van der Waals surface area (Å²) in [5.41, 5.74) is 0.604. The van der Waals surface area contributed by atoms with Crippen molar-refractivity contribution in [2.45, 2.75) is 24.2 Å². The zero-order valence-electron chi connectivity index (χ0n) is 10.4. The van der Waals surface area contributed by atoms with Gasteiger partial charge < -0.3 is 0 Å². The minimum atomic E-state index is -3.76. The van der Waals surface area contributed by atoms with Crippen LogP contribution in [0.3, 0.4) is 0 Å². The molecule has 1 aromatic rings. The maximum absolute atomic E-state index is 11.6. The number of rotatable bonds is 3. The van der Waals surface area contributed by atoms with Crippen molar-refractivity contribution in [3.8, 4) is 0 Å². The summed E-state index contributed by atoms with van der Waals surface area (Å²) >= 11 is 0. The lowest BCUT2D eigenvalue weighted by molar-refractivity contribution is 0.481. The van der Waals surface area contributed by atoms with Gasteiger partial charge in [-0.25, -0.2) is 22.0 Å². The first-order valence-corrected chi connectivity index (χ1v) is 9.46. The SMILES string of the molecule is NS(=O)(=O)c1ccccc1C[C@@H]1CCCS(=O)(=O)C1. The van der Waals surface area contributed by atoms with Crippen molar-refractivity contribution in [3.05, 3.63) is 29.8 Å². The third-order valence-corrected chi connectivity index (χ3v) is 6.25. The monoisotopic (exact) mass is 303 g/mol. The van der Waals surface area contributed by atoms with Crippen LogP contribution in [-0.4, -0.2) is 28.3 Å². The molecule has 106 valence electrons. The lowest BCUT2D eigenvalue weighted by Crippen LogP contribution is -2.27. The highest BCUT2D eigenvalue weighted by Gasteiger charge is 2.26. The highest BCUT2D eigenvalue weighted by atomic mass is 32.2. The summed E-state index contributed by atoms with van der Waals surface area (Å²) in [4.78, 5) is 0.0953. The number of nitrogens with two attached hydrogens (primary N) is 1. The summed E-state index contributed by atoms with van der Waals surface area (Å²) in [6.07, 6.45) is 1.88. The van der Waals surface area contributed by atoms with Crippen LogP contribution in [0, 0.1) is 5.92 Å². The van der Waals surface area contributed by atoms with Gasteiger partial charge in [-0.3, -0.25) is 0 Å². The van der Waals surface area contributed by atoms with E-state index in [1.54, 1.807) is 18.2 Å². The first-order valence-electron chi connectivity index (χ1n) is 6.09. The molecule has 0 unspecified atom stereocenters. The predicted octanol–water partition coefficient (Wildman–Crippen LogP) is 0.701. The van der Waals surface area contributed by atoms with E-state index in [2.05, 4.69) is 0 Å². The summed E-state index contributed by atoms with van der Waals surface area (Å²) in [5.74, 6) is 0.341. The number of benzene rings is 1. The van der Waals surface area contributed by atoms with Gasteiger partial charge in [0.25, 0.3) is 0 Å². The van der Waals surface area contributed by atoms with Crippen LogP contribution in [0.4, 0.5) is 0 Å².